The summed E-state index contributed by atoms with van der Waals surface area (Å²) in [5.74, 6) is -0.274. The molecule has 0 aliphatic carbocycles. The van der Waals surface area contributed by atoms with Crippen LogP contribution in [-0.4, -0.2) is 17.1 Å². The zero-order chi connectivity index (χ0) is 13.8. The van der Waals surface area contributed by atoms with Gasteiger partial charge in [-0.2, -0.15) is 0 Å². The van der Waals surface area contributed by atoms with E-state index >= 15 is 0 Å². The minimum absolute atomic E-state index is 0.183. The third-order valence-corrected chi connectivity index (χ3v) is 3.80. The van der Waals surface area contributed by atoms with Crippen molar-refractivity contribution < 1.29 is 4.79 Å². The van der Waals surface area contributed by atoms with E-state index in [0.717, 1.165) is 10.6 Å². The van der Waals surface area contributed by atoms with Gasteiger partial charge in [-0.05, 0) is 30.5 Å². The van der Waals surface area contributed by atoms with Crippen molar-refractivity contribution in [2.75, 3.05) is 11.6 Å². The number of nitrogens with one attached hydrogen (secondary N) is 1. The van der Waals surface area contributed by atoms with Crippen LogP contribution >= 0.6 is 35.0 Å². The van der Waals surface area contributed by atoms with Crippen molar-refractivity contribution in [3.63, 3.8) is 0 Å². The van der Waals surface area contributed by atoms with Gasteiger partial charge in [-0.25, -0.2) is 4.98 Å². The number of carbonyl (C=O) groups excluding carboxylic acids is 1. The van der Waals surface area contributed by atoms with Gasteiger partial charge in [0.25, 0.3) is 5.91 Å². The van der Waals surface area contributed by atoms with E-state index < -0.39 is 0 Å². The molecular formula is C13H10Cl2N2OS. The Morgan fingerprint density at radius 2 is 2.11 bits per heavy atom. The van der Waals surface area contributed by atoms with Gasteiger partial charge in [-0.3, -0.25) is 4.79 Å². The molecule has 0 aliphatic rings. The second-order valence-corrected chi connectivity index (χ2v) is 5.33. The highest BCUT2D eigenvalue weighted by Crippen LogP contribution is 2.22. The number of halogens is 2. The van der Waals surface area contributed by atoms with Crippen molar-refractivity contribution in [2.45, 2.75) is 4.90 Å². The highest BCUT2D eigenvalue weighted by Gasteiger charge is 2.09. The predicted molar refractivity (Wildman–Crippen MR) is 80.4 cm³/mol. The standard InChI is InChI=1S/C13H10Cl2N2OS/c1-19-10-4-2-3-9(6-10)17-13(18)8-5-11(14)12(15)16-7-8/h2-7H,1H3,(H,17,18). The fraction of sp³-hybridized carbons (Fsp3) is 0.0769. The maximum absolute atomic E-state index is 12.0. The highest BCUT2D eigenvalue weighted by molar-refractivity contribution is 7.98. The highest BCUT2D eigenvalue weighted by atomic mass is 35.5. The van der Waals surface area contributed by atoms with Gasteiger partial charge in [-0.1, -0.05) is 29.3 Å². The molecule has 6 heteroatoms. The molecule has 2 aromatic rings. The number of nitrogens with zero attached hydrogens (tertiary/aromatic N) is 1. The minimum atomic E-state index is -0.274. The van der Waals surface area contributed by atoms with E-state index in [1.165, 1.54) is 12.3 Å². The zero-order valence-corrected chi connectivity index (χ0v) is 12.3. The lowest BCUT2D eigenvalue weighted by Gasteiger charge is -2.07. The van der Waals surface area contributed by atoms with Crippen molar-refractivity contribution in [1.82, 2.24) is 4.98 Å². The van der Waals surface area contributed by atoms with E-state index in [2.05, 4.69) is 10.3 Å². The van der Waals surface area contributed by atoms with Gasteiger partial charge in [0.05, 0.1) is 10.6 Å². The molecule has 0 fully saturated rings. The van der Waals surface area contributed by atoms with Crippen molar-refractivity contribution in [3.8, 4) is 0 Å². The lowest BCUT2D eigenvalue weighted by molar-refractivity contribution is 0.102. The summed E-state index contributed by atoms with van der Waals surface area (Å²) in [5, 5.41) is 3.23. The van der Waals surface area contributed by atoms with Gasteiger partial charge in [0.15, 0.2) is 0 Å². The molecule has 1 heterocycles. The summed E-state index contributed by atoms with van der Waals surface area (Å²) in [7, 11) is 0. The Morgan fingerprint density at radius 3 is 2.79 bits per heavy atom. The Hall–Kier alpha value is -1.23. The molecule has 19 heavy (non-hydrogen) atoms. The minimum Gasteiger partial charge on any atom is -0.322 e. The third-order valence-electron chi connectivity index (χ3n) is 2.39. The number of rotatable bonds is 3. The van der Waals surface area contributed by atoms with Crippen LogP contribution in [0.3, 0.4) is 0 Å². The van der Waals surface area contributed by atoms with Gasteiger partial charge >= 0.3 is 0 Å². The Balaban J connectivity index is 2.18. The zero-order valence-electron chi connectivity index (χ0n) is 9.98. The SMILES string of the molecule is CSc1cccc(NC(=O)c2cnc(Cl)c(Cl)c2)c1. The summed E-state index contributed by atoms with van der Waals surface area (Å²) in [6.45, 7) is 0. The first-order chi connectivity index (χ1) is 9.10. The monoisotopic (exact) mass is 312 g/mol. The van der Waals surface area contributed by atoms with Crippen LogP contribution in [0.4, 0.5) is 5.69 Å². The van der Waals surface area contributed by atoms with Crippen LogP contribution in [0.1, 0.15) is 10.4 Å². The van der Waals surface area contributed by atoms with Gasteiger partial charge in [0.2, 0.25) is 0 Å². The second-order valence-electron chi connectivity index (χ2n) is 3.68. The van der Waals surface area contributed by atoms with Crippen LogP contribution in [0, 0.1) is 0 Å². The molecule has 0 unspecified atom stereocenters. The largest absolute Gasteiger partial charge is 0.322 e. The summed E-state index contributed by atoms with van der Waals surface area (Å²) >= 11 is 13.1. The lowest BCUT2D eigenvalue weighted by atomic mass is 10.2. The van der Waals surface area contributed by atoms with E-state index in [1.807, 2.05) is 30.5 Å². The summed E-state index contributed by atoms with van der Waals surface area (Å²) in [6, 6.07) is 9.07. The van der Waals surface area contributed by atoms with E-state index in [-0.39, 0.29) is 16.1 Å². The Kier molecular flexibility index (Phi) is 4.69. The average Bonchev–Trinajstić information content (AvgIpc) is 2.42. The number of thioether (sulfide) groups is 1. The molecular weight excluding hydrogens is 303 g/mol. The molecule has 3 nitrogen and oxygen atoms in total. The number of aromatic nitrogens is 1. The van der Waals surface area contributed by atoms with Gasteiger partial charge < -0.3 is 5.32 Å². The van der Waals surface area contributed by atoms with Crippen LogP contribution in [0.25, 0.3) is 0 Å². The Bertz CT molecular complexity index is 619. The fourth-order valence-electron chi connectivity index (χ4n) is 1.45. The third kappa shape index (κ3) is 3.62. The van der Waals surface area contributed by atoms with Crippen molar-refractivity contribution >= 4 is 46.6 Å². The summed E-state index contributed by atoms with van der Waals surface area (Å²) in [5.41, 5.74) is 1.09. The van der Waals surface area contributed by atoms with Crippen molar-refractivity contribution in [2.24, 2.45) is 0 Å². The maximum Gasteiger partial charge on any atom is 0.257 e. The van der Waals surface area contributed by atoms with Crippen LogP contribution < -0.4 is 5.32 Å². The van der Waals surface area contributed by atoms with E-state index in [0.29, 0.717) is 5.56 Å². The maximum atomic E-state index is 12.0. The number of hydrogen-bond donors (Lipinski definition) is 1. The summed E-state index contributed by atoms with van der Waals surface area (Å²) in [4.78, 5) is 16.9. The number of hydrogen-bond acceptors (Lipinski definition) is 3. The number of pyridine rings is 1. The van der Waals surface area contributed by atoms with Crippen LogP contribution in [0.5, 0.6) is 0 Å². The molecule has 0 radical (unpaired) electrons. The lowest BCUT2D eigenvalue weighted by Crippen LogP contribution is -2.12. The number of anilines is 1. The molecule has 0 aliphatic heterocycles. The van der Waals surface area contributed by atoms with Crippen molar-refractivity contribution in [3.05, 3.63) is 52.3 Å². The summed E-state index contributed by atoms with van der Waals surface area (Å²) in [6.07, 6.45) is 3.37. The van der Waals surface area contributed by atoms with Crippen LogP contribution in [-0.2, 0) is 0 Å². The second kappa shape index (κ2) is 6.28. The van der Waals surface area contributed by atoms with E-state index in [9.17, 15) is 4.79 Å². The fourth-order valence-corrected chi connectivity index (χ4v) is 2.18. The topological polar surface area (TPSA) is 42.0 Å². The smallest absolute Gasteiger partial charge is 0.257 e. The molecule has 98 valence electrons. The number of benzene rings is 1. The van der Waals surface area contributed by atoms with Crippen LogP contribution in [0.2, 0.25) is 10.2 Å². The van der Waals surface area contributed by atoms with Crippen LogP contribution in [0.15, 0.2) is 41.4 Å². The van der Waals surface area contributed by atoms with Gasteiger partial charge in [0, 0.05) is 16.8 Å². The predicted octanol–water partition coefficient (Wildman–Crippen LogP) is 4.36. The van der Waals surface area contributed by atoms with E-state index in [4.69, 9.17) is 23.2 Å². The van der Waals surface area contributed by atoms with Crippen molar-refractivity contribution in [1.29, 1.82) is 0 Å². The molecule has 1 amide bonds. The number of amides is 1. The van der Waals surface area contributed by atoms with Gasteiger partial charge in [0.1, 0.15) is 5.15 Å². The average molecular weight is 313 g/mol. The first-order valence-electron chi connectivity index (χ1n) is 5.36. The Labute approximate surface area is 125 Å². The van der Waals surface area contributed by atoms with Gasteiger partial charge in [-0.15, -0.1) is 11.8 Å². The normalized spacial score (nSPS) is 10.3. The quantitative estimate of drug-likeness (QED) is 0.676. The van der Waals surface area contributed by atoms with E-state index in [1.54, 1.807) is 11.8 Å². The summed E-state index contributed by atoms with van der Waals surface area (Å²) < 4.78 is 0. The molecule has 1 aromatic heterocycles. The molecule has 0 atom stereocenters. The first kappa shape index (κ1) is 14.2. The molecule has 0 saturated carbocycles. The number of carbonyl (C=O) groups is 1. The first-order valence-corrected chi connectivity index (χ1v) is 7.34. The molecule has 1 N–H and O–H groups in total. The molecule has 2 rings (SSSR count). The molecule has 0 saturated heterocycles. The Morgan fingerprint density at radius 1 is 1.32 bits per heavy atom. The molecule has 0 spiro atoms. The molecule has 1 aromatic carbocycles. The molecule has 0 bridgehead atoms.